The minimum Gasteiger partial charge on any atom is -0.476 e. The number of carboxylic acids is 2. The second kappa shape index (κ2) is 40.3. The molecule has 99 heavy (non-hydrogen) atoms. The molecule has 0 fully saturated rings. The molecule has 24 nitrogen and oxygen atoms in total. The normalized spacial score (nSPS) is 10.7. The van der Waals surface area contributed by atoms with E-state index in [1.165, 1.54) is 6.07 Å². The first kappa shape index (κ1) is 78.4. The van der Waals surface area contributed by atoms with Crippen LogP contribution in [0.1, 0.15) is 145 Å². The summed E-state index contributed by atoms with van der Waals surface area (Å²) in [7, 11) is 0. The van der Waals surface area contributed by atoms with Gasteiger partial charge in [-0.05, 0) is 112 Å². The highest BCUT2D eigenvalue weighted by molar-refractivity contribution is 9.10. The highest BCUT2D eigenvalue weighted by Crippen LogP contribution is 2.26. The minimum atomic E-state index is -1.28. The largest absolute Gasteiger partial charge is 0.476 e. The number of halogens is 1. The molecule has 9 aromatic rings. The molecule has 0 saturated heterocycles. The molecule has 9 rings (SSSR count). The number of aryl methyl sites for hydroxylation is 1. The quantitative estimate of drug-likeness (QED) is 0.00840. The summed E-state index contributed by atoms with van der Waals surface area (Å²) in [5.41, 5.74) is 9.70. The van der Waals surface area contributed by atoms with Gasteiger partial charge in [-0.2, -0.15) is 20.4 Å². The van der Waals surface area contributed by atoms with Crippen LogP contribution >= 0.6 is 15.9 Å². The van der Waals surface area contributed by atoms with E-state index in [9.17, 15) is 33.9 Å². The highest BCUT2D eigenvalue weighted by atomic mass is 79.9. The van der Waals surface area contributed by atoms with Gasteiger partial charge in [0.15, 0.2) is 28.5 Å². The van der Waals surface area contributed by atoms with Gasteiger partial charge in [0.25, 0.3) is 5.91 Å². The zero-order valence-corrected chi connectivity index (χ0v) is 58.3. The van der Waals surface area contributed by atoms with Crippen molar-refractivity contribution in [1.82, 2.24) is 49.5 Å². The number of ether oxygens (including phenoxy) is 4. The van der Waals surface area contributed by atoms with Crippen molar-refractivity contribution in [1.29, 1.82) is 0 Å². The Morgan fingerprint density at radius 3 is 1.32 bits per heavy atom. The zero-order chi connectivity index (χ0) is 72.4. The number of amides is 2. The molecule has 0 spiro atoms. The lowest BCUT2D eigenvalue weighted by Crippen LogP contribution is -2.31. The fourth-order valence-electron chi connectivity index (χ4n) is 9.12. The number of carboxylic acid groups (broad SMARTS) is 2. The molecule has 0 saturated carbocycles. The third kappa shape index (κ3) is 26.3. The molecule has 25 heteroatoms. The van der Waals surface area contributed by atoms with E-state index in [-0.39, 0.29) is 40.9 Å². The fourth-order valence-corrected chi connectivity index (χ4v) is 9.59. The van der Waals surface area contributed by atoms with Crippen molar-refractivity contribution in [3.8, 4) is 5.88 Å². The van der Waals surface area contributed by atoms with Crippen molar-refractivity contribution in [2.45, 2.75) is 112 Å². The van der Waals surface area contributed by atoms with Crippen LogP contribution in [0.4, 0.5) is 10.5 Å². The fraction of sp³-hybridized carbons (Fsp3) is 0.257. The number of nitrogens with one attached hydrogen (secondary N) is 2. The van der Waals surface area contributed by atoms with Crippen LogP contribution in [0.5, 0.6) is 5.88 Å². The number of pyridine rings is 1. The predicted molar refractivity (Wildman–Crippen MR) is 382 cm³/mol. The third-order valence-corrected chi connectivity index (χ3v) is 14.0. The average Bonchev–Trinajstić information content (AvgIpc) is 0.974. The van der Waals surface area contributed by atoms with E-state index in [2.05, 4.69) is 78.4 Å². The number of carbonyl (C=O) groups is 6. The van der Waals surface area contributed by atoms with Crippen molar-refractivity contribution in [3.05, 3.63) is 280 Å². The first-order valence-electron chi connectivity index (χ1n) is 31.4. The molecule has 0 unspecified atom stereocenters. The maximum atomic E-state index is 11.9. The van der Waals surface area contributed by atoms with Crippen LogP contribution in [0.3, 0.4) is 0 Å². The number of benzene rings is 4. The van der Waals surface area contributed by atoms with Gasteiger partial charge in [0, 0.05) is 53.5 Å². The number of hydrogen-bond acceptors (Lipinski definition) is 16. The third-order valence-electron chi connectivity index (χ3n) is 13.4. The van der Waals surface area contributed by atoms with Crippen LogP contribution in [-0.2, 0) is 59.7 Å². The molecule has 0 bridgehead atoms. The predicted octanol–water partition coefficient (Wildman–Crippen LogP) is 13.1. The Morgan fingerprint density at radius 2 is 0.939 bits per heavy atom. The Kier molecular flexibility index (Phi) is 31.9. The van der Waals surface area contributed by atoms with Gasteiger partial charge in [0.05, 0.1) is 49.6 Å². The smallest absolute Gasteiger partial charge is 0.412 e. The number of nitrogen functional groups attached to an aromatic ring is 1. The van der Waals surface area contributed by atoms with Crippen molar-refractivity contribution < 1.29 is 57.9 Å². The van der Waals surface area contributed by atoms with Gasteiger partial charge in [0.2, 0.25) is 5.88 Å². The molecule has 520 valence electrons. The lowest BCUT2D eigenvalue weighted by molar-refractivity contribution is 0.0508. The lowest BCUT2D eigenvalue weighted by Gasteiger charge is -2.20. The number of aromatic carboxylic acids is 2. The van der Waals surface area contributed by atoms with Gasteiger partial charge < -0.3 is 29.2 Å². The van der Waals surface area contributed by atoms with E-state index < -0.39 is 29.6 Å². The topological polar surface area (TPSA) is 314 Å². The van der Waals surface area contributed by atoms with E-state index in [0.29, 0.717) is 97.8 Å². The van der Waals surface area contributed by atoms with Gasteiger partial charge in [0.1, 0.15) is 11.7 Å². The monoisotopic (exact) mass is 1410 g/mol. The Balaban J connectivity index is 0.000000224. The highest BCUT2D eigenvalue weighted by Gasteiger charge is 2.24. The molecule has 4 aromatic carbocycles. The van der Waals surface area contributed by atoms with Crippen LogP contribution in [0.2, 0.25) is 0 Å². The summed E-state index contributed by atoms with van der Waals surface area (Å²) in [5.74, 6) is 1.91. The first-order chi connectivity index (χ1) is 47.4. The number of esters is 2. The Bertz CT molecular complexity index is 4120. The van der Waals surface area contributed by atoms with Gasteiger partial charge in [-0.15, -0.1) is 26.3 Å². The summed E-state index contributed by atoms with van der Waals surface area (Å²) in [4.78, 5) is 73.5. The van der Waals surface area contributed by atoms with Crippen LogP contribution in [0.25, 0.3) is 0 Å². The minimum absolute atomic E-state index is 0.0537. The van der Waals surface area contributed by atoms with Crippen LogP contribution in [0, 0.1) is 6.92 Å². The van der Waals surface area contributed by atoms with E-state index >= 15 is 0 Å². The van der Waals surface area contributed by atoms with Gasteiger partial charge in [-0.25, -0.2) is 34.8 Å². The summed E-state index contributed by atoms with van der Waals surface area (Å²) in [6.07, 6.45) is 15.5. The maximum Gasteiger partial charge on any atom is 0.412 e. The van der Waals surface area contributed by atoms with Crippen LogP contribution < -0.4 is 21.3 Å². The molecule has 5 aromatic heterocycles. The number of hydrogen-bond donors (Lipinski definition) is 5. The number of nitrogens with zero attached hydrogens (tertiary/aromatic N) is 9. The van der Waals surface area contributed by atoms with E-state index in [4.69, 9.17) is 29.9 Å². The van der Waals surface area contributed by atoms with Gasteiger partial charge in [-0.3, -0.25) is 34.3 Å². The summed E-state index contributed by atoms with van der Waals surface area (Å²) in [6.45, 7) is 30.0. The Hall–Kier alpha value is -11.3. The average molecular weight is 1410 g/mol. The van der Waals surface area contributed by atoms with Crippen molar-refractivity contribution >= 4 is 57.5 Å². The number of aromatic nitrogens is 9. The number of hydrazine groups is 1. The summed E-state index contributed by atoms with van der Waals surface area (Å²) < 4.78 is 28.2. The van der Waals surface area contributed by atoms with Crippen molar-refractivity contribution in [2.75, 3.05) is 18.5 Å². The van der Waals surface area contributed by atoms with Gasteiger partial charge >= 0.3 is 30.0 Å². The molecule has 2 amide bonds. The number of nitrogens with two attached hydrogens (primary N) is 1. The summed E-state index contributed by atoms with van der Waals surface area (Å²) in [5, 5.41) is 37.7. The first-order valence-corrected chi connectivity index (χ1v) is 32.2. The maximum absolute atomic E-state index is 11.9. The molecule has 0 radical (unpaired) electrons. The molecule has 0 aliphatic heterocycles. The molecule has 5 heterocycles. The molecule has 1 atom stereocenters. The summed E-state index contributed by atoms with van der Waals surface area (Å²) in [6, 6.07) is 41.1. The number of anilines is 1. The molecular weight excluding hydrogens is 1330 g/mol. The van der Waals surface area contributed by atoms with Crippen molar-refractivity contribution in [2.24, 2.45) is 5.84 Å². The van der Waals surface area contributed by atoms with E-state index in [1.54, 1.807) is 97.0 Å². The van der Waals surface area contributed by atoms with Crippen LogP contribution in [-0.4, -0.2) is 115 Å². The second-order valence-electron chi connectivity index (χ2n) is 22.7. The van der Waals surface area contributed by atoms with Crippen molar-refractivity contribution in [3.63, 3.8) is 0 Å². The SMILES string of the molecule is C=CC[C@@H](C)Oc1nc(C(=O)O)c(NC(=O)OC(C)(C)C)cc1C.C=CCc1cn(Cc2ccccc2)nc1C(=O)NN.C=CCc1cn(Cc2ccccc2)nc1C(=O)O.C=CCc1cn(Cc2ccccc2)nc1C(=O)OCC.CCOC(=O)c1nn(Cc2ccccc2)cc1Br. The zero-order valence-electron chi connectivity index (χ0n) is 56.7. The second-order valence-corrected chi connectivity index (χ2v) is 23.5. The number of rotatable bonds is 26. The molecular formula is C74H85BrN12O12. The van der Waals surface area contributed by atoms with Gasteiger partial charge in [-0.1, -0.05) is 146 Å². The molecule has 6 N–H and O–H groups in total. The number of carbonyl (C=O) groups excluding carboxylic acids is 4. The van der Waals surface area contributed by atoms with E-state index in [1.807, 2.05) is 141 Å². The Labute approximate surface area is 584 Å². The molecule has 0 aliphatic rings. The lowest BCUT2D eigenvalue weighted by atomic mass is 10.2. The van der Waals surface area contributed by atoms with Crippen LogP contribution in [0.15, 0.2) is 207 Å². The number of allylic oxidation sites excluding steroid dienone is 3. The van der Waals surface area contributed by atoms with E-state index in [0.717, 1.165) is 33.4 Å². The molecule has 0 aliphatic carbocycles. The standard InChI is InChI=1S/C17H24N2O5.C16H18N2O2.C14H16N4O.C14H14N2O2.C13H13BrN2O2/c1-7-8-11(3)23-14-10(2)9-12(13(19-14)15(20)21)18-16(22)24-17(4,5)6;1-3-8-14-12-18(11-13-9-6-5-7-10-13)17-15(14)16(19)20-4-2;1-2-6-12-10-18(17-13(12)14(19)16-15)9-11-7-4-3-5-8-11;1-2-6-12-10-16(15-13(12)14(17)18)9-11-7-4-3-5-8-11;1-2-18-13(17)12-11(14)9-16(15-12)8-10-6-4-3-5-7-10/h7,9,11H,1,8H2,2-6H3,(H,18,22)(H,20,21);3,5-7,9-10,12H,1,4,8,11H2,2H3;2-5,7-8,10H,1,6,9,15H2,(H,16,19);2-5,7-8,10H,1,6,9H2,(H,17,18);3-7,9H,2,8H2,1H3/t11-;;;;/m1..../s1. The Morgan fingerprint density at radius 1 is 0.566 bits per heavy atom. The summed E-state index contributed by atoms with van der Waals surface area (Å²) >= 11 is 3.32.